The van der Waals surface area contributed by atoms with E-state index >= 15 is 0 Å². The van der Waals surface area contributed by atoms with Crippen LogP contribution in [-0.2, 0) is 0 Å². The molecule has 12 rings (SSSR count). The van der Waals surface area contributed by atoms with Gasteiger partial charge in [-0.1, -0.05) is 152 Å². The third-order valence-electron chi connectivity index (χ3n) is 11.4. The molecule has 0 saturated carbocycles. The molecule has 0 aliphatic heterocycles. The Morgan fingerprint density at radius 3 is 1.61 bits per heavy atom. The lowest BCUT2D eigenvalue weighted by Crippen LogP contribution is -1.91. The van der Waals surface area contributed by atoms with E-state index in [4.69, 9.17) is 4.42 Å². The van der Waals surface area contributed by atoms with E-state index < -0.39 is 0 Å². The second kappa shape index (κ2) is 11.4. The van der Waals surface area contributed by atoms with Crippen molar-refractivity contribution in [1.82, 2.24) is 0 Å². The number of hydrogen-bond acceptors (Lipinski definition) is 2. The van der Waals surface area contributed by atoms with Gasteiger partial charge in [0.15, 0.2) is 5.58 Å². The highest BCUT2D eigenvalue weighted by atomic mass is 32.1. The summed E-state index contributed by atoms with van der Waals surface area (Å²) in [5.74, 6) is 0. The van der Waals surface area contributed by atoms with E-state index in [9.17, 15) is 0 Å². The highest BCUT2D eigenvalue weighted by Gasteiger charge is 2.20. The van der Waals surface area contributed by atoms with Crippen molar-refractivity contribution in [2.45, 2.75) is 0 Å². The van der Waals surface area contributed by atoms with Gasteiger partial charge in [-0.25, -0.2) is 0 Å². The second-order valence-electron chi connectivity index (χ2n) is 14.3. The Morgan fingerprint density at radius 2 is 0.870 bits per heavy atom. The second-order valence-corrected chi connectivity index (χ2v) is 15.4. The van der Waals surface area contributed by atoms with Gasteiger partial charge in [-0.05, 0) is 101 Å². The molecule has 10 aromatic carbocycles. The van der Waals surface area contributed by atoms with Crippen molar-refractivity contribution in [2.75, 3.05) is 0 Å². The van der Waals surface area contributed by atoms with Crippen LogP contribution in [0.15, 0.2) is 186 Å². The Bertz CT molecular complexity index is 3450. The number of hydrogen-bond donors (Lipinski definition) is 0. The molecule has 2 aromatic heterocycles. The Kier molecular flexibility index (Phi) is 6.28. The van der Waals surface area contributed by atoms with Crippen LogP contribution in [0.3, 0.4) is 0 Å². The summed E-state index contributed by atoms with van der Waals surface area (Å²) < 4.78 is 9.03. The van der Waals surface area contributed by atoms with E-state index in [1.807, 2.05) is 17.4 Å². The molecule has 0 fully saturated rings. The summed E-state index contributed by atoms with van der Waals surface area (Å²) in [5, 5.41) is 14.9. The van der Waals surface area contributed by atoms with Gasteiger partial charge in [-0.2, -0.15) is 0 Å². The molecule has 0 bridgehead atoms. The first kappa shape index (κ1) is 29.8. The summed E-state index contributed by atoms with van der Waals surface area (Å²) in [6, 6.07) is 66.8. The van der Waals surface area contributed by atoms with Crippen molar-refractivity contribution in [2.24, 2.45) is 0 Å². The molecular formula is C52H30OS. The predicted molar refractivity (Wildman–Crippen MR) is 233 cm³/mol. The third-order valence-corrected chi connectivity index (χ3v) is 12.7. The molecule has 0 N–H and O–H groups in total. The normalized spacial score (nSPS) is 12.1. The van der Waals surface area contributed by atoms with Gasteiger partial charge >= 0.3 is 0 Å². The Morgan fingerprint density at radius 1 is 0.315 bits per heavy atom. The largest absolute Gasteiger partial charge is 0.455 e. The monoisotopic (exact) mass is 702 g/mol. The van der Waals surface area contributed by atoms with Gasteiger partial charge in [0, 0.05) is 31.6 Å². The number of benzene rings is 10. The average Bonchev–Trinajstić information content (AvgIpc) is 3.81. The summed E-state index contributed by atoms with van der Waals surface area (Å²) in [4.78, 5) is 0. The maximum atomic E-state index is 6.52. The predicted octanol–water partition coefficient (Wildman–Crippen LogP) is 15.6. The zero-order valence-corrected chi connectivity index (χ0v) is 30.0. The zero-order valence-electron chi connectivity index (χ0n) is 29.1. The zero-order chi connectivity index (χ0) is 35.3. The lowest BCUT2D eigenvalue weighted by molar-refractivity contribution is 0.673. The van der Waals surface area contributed by atoms with E-state index in [0.717, 1.165) is 11.2 Å². The van der Waals surface area contributed by atoms with E-state index in [2.05, 4.69) is 176 Å². The van der Waals surface area contributed by atoms with Crippen LogP contribution in [0.5, 0.6) is 0 Å². The molecule has 0 spiro atoms. The van der Waals surface area contributed by atoms with Crippen molar-refractivity contribution in [3.8, 4) is 33.4 Å². The maximum absolute atomic E-state index is 6.52. The molecule has 0 unspecified atom stereocenters. The van der Waals surface area contributed by atoms with Crippen LogP contribution in [0.1, 0.15) is 0 Å². The summed E-state index contributed by atoms with van der Waals surface area (Å²) in [7, 11) is 0. The Balaban J connectivity index is 1.10. The lowest BCUT2D eigenvalue weighted by atomic mass is 9.85. The summed E-state index contributed by atoms with van der Waals surface area (Å²) in [5.41, 5.74) is 9.38. The SMILES string of the molecule is c1cc(-c2c3ccccc3c(-c3ccc4ccccc4c3)c3ccccc23)cc(-c2cc3c4ccc5c6ccccc6oc5c4sc3c3ccccc23)c1. The molecule has 250 valence electrons. The van der Waals surface area contributed by atoms with E-state index in [1.165, 1.54) is 107 Å². The number of fused-ring (bicyclic) bond motifs is 12. The molecular weight excluding hydrogens is 673 g/mol. The van der Waals surface area contributed by atoms with Crippen molar-refractivity contribution in [3.05, 3.63) is 182 Å². The Labute approximate surface area is 314 Å². The standard InChI is InChI=1S/C52H30OS/c1-2-13-32-28-35(25-24-31(32)12-1)49-40-20-6-4-18-38(40)48(39-19-5-7-21-41(39)49)34-15-11-14-33(29-34)45-30-46-44-27-26-42-37-17-9-10-23-47(37)53-50(42)52(44)54-51(46)43-22-8-3-16-36(43)45/h1-30H. The number of para-hydroxylation sites is 1. The van der Waals surface area contributed by atoms with Crippen LogP contribution < -0.4 is 0 Å². The average molecular weight is 703 g/mol. The van der Waals surface area contributed by atoms with E-state index in [1.54, 1.807) is 0 Å². The highest BCUT2D eigenvalue weighted by molar-refractivity contribution is 7.27. The smallest absolute Gasteiger partial charge is 0.153 e. The topological polar surface area (TPSA) is 13.1 Å². The molecule has 2 heterocycles. The molecule has 0 aliphatic rings. The highest BCUT2D eigenvalue weighted by Crippen LogP contribution is 2.48. The molecule has 1 nitrogen and oxygen atoms in total. The number of rotatable bonds is 3. The lowest BCUT2D eigenvalue weighted by Gasteiger charge is -2.18. The maximum Gasteiger partial charge on any atom is 0.153 e. The van der Waals surface area contributed by atoms with Crippen LogP contribution in [0.25, 0.3) is 119 Å². The Hall–Kier alpha value is -6.74. The summed E-state index contributed by atoms with van der Waals surface area (Å²) in [6.45, 7) is 0. The van der Waals surface area contributed by atoms with Gasteiger partial charge in [-0.3, -0.25) is 0 Å². The van der Waals surface area contributed by atoms with E-state index in [0.29, 0.717) is 0 Å². The van der Waals surface area contributed by atoms with E-state index in [-0.39, 0.29) is 0 Å². The first-order valence-corrected chi connectivity index (χ1v) is 19.3. The third kappa shape index (κ3) is 4.26. The van der Waals surface area contributed by atoms with Crippen LogP contribution >= 0.6 is 11.3 Å². The van der Waals surface area contributed by atoms with Gasteiger partial charge in [0.05, 0.1) is 4.70 Å². The van der Waals surface area contributed by atoms with Crippen molar-refractivity contribution < 1.29 is 4.42 Å². The van der Waals surface area contributed by atoms with Crippen LogP contribution in [0.4, 0.5) is 0 Å². The fourth-order valence-electron chi connectivity index (χ4n) is 9.01. The first-order chi connectivity index (χ1) is 26.8. The van der Waals surface area contributed by atoms with Crippen LogP contribution in [-0.4, -0.2) is 0 Å². The molecule has 0 radical (unpaired) electrons. The minimum atomic E-state index is 0.935. The number of furan rings is 1. The van der Waals surface area contributed by atoms with Crippen molar-refractivity contribution in [1.29, 1.82) is 0 Å². The van der Waals surface area contributed by atoms with Gasteiger partial charge in [0.25, 0.3) is 0 Å². The summed E-state index contributed by atoms with van der Waals surface area (Å²) >= 11 is 1.85. The minimum absolute atomic E-state index is 0.935. The minimum Gasteiger partial charge on any atom is -0.455 e. The molecule has 0 amide bonds. The molecule has 54 heavy (non-hydrogen) atoms. The quantitative estimate of drug-likeness (QED) is 0.167. The molecule has 0 saturated heterocycles. The van der Waals surface area contributed by atoms with Crippen molar-refractivity contribution in [3.63, 3.8) is 0 Å². The fraction of sp³-hybridized carbons (Fsp3) is 0. The first-order valence-electron chi connectivity index (χ1n) is 18.5. The van der Waals surface area contributed by atoms with Crippen molar-refractivity contribution >= 4 is 96.5 Å². The van der Waals surface area contributed by atoms with Gasteiger partial charge in [-0.15, -0.1) is 11.3 Å². The molecule has 0 atom stereocenters. The summed E-state index contributed by atoms with van der Waals surface area (Å²) in [6.07, 6.45) is 0. The van der Waals surface area contributed by atoms with Gasteiger partial charge < -0.3 is 4.42 Å². The number of thiophene rings is 1. The van der Waals surface area contributed by atoms with Crippen LogP contribution in [0.2, 0.25) is 0 Å². The molecule has 12 aromatic rings. The fourth-order valence-corrected chi connectivity index (χ4v) is 10.3. The molecule has 0 aliphatic carbocycles. The van der Waals surface area contributed by atoms with Crippen LogP contribution in [0, 0.1) is 0 Å². The molecule has 2 heteroatoms. The van der Waals surface area contributed by atoms with Gasteiger partial charge in [0.2, 0.25) is 0 Å². The van der Waals surface area contributed by atoms with Gasteiger partial charge in [0.1, 0.15) is 5.58 Å².